The molecule has 130 valence electrons. The molecule has 0 radical (unpaired) electrons. The first-order chi connectivity index (χ1) is 11.5. The van der Waals surface area contributed by atoms with E-state index < -0.39 is 0 Å². The Morgan fingerprint density at radius 2 is 1.60 bits per heavy atom. The smallest absolute Gasteiger partial charge is 0.0720 e. The van der Waals surface area contributed by atoms with Gasteiger partial charge in [0.05, 0.1) is 6.61 Å². The number of benzene rings is 2. The van der Waals surface area contributed by atoms with Gasteiger partial charge in [-0.1, -0.05) is 42.0 Å². The van der Waals surface area contributed by atoms with Crippen molar-refractivity contribution < 1.29 is 30.6 Å². The molecule has 0 amide bonds. The Bertz CT molecular complexity index is 752. The van der Waals surface area contributed by atoms with Crippen LogP contribution in [0.5, 0.6) is 0 Å². The average molecular weight is 501 g/mol. The summed E-state index contributed by atoms with van der Waals surface area (Å²) in [6, 6.07) is 12.4. The SMILES string of the molecule is COCc1ccccc1N1CCN(c2c(C)cc(C)cc2C)C1=[N-].[Hf]. The van der Waals surface area contributed by atoms with E-state index in [1.54, 1.807) is 7.11 Å². The van der Waals surface area contributed by atoms with Gasteiger partial charge in [-0.2, -0.15) is 0 Å². The number of rotatable bonds is 4. The van der Waals surface area contributed by atoms with Crippen molar-refractivity contribution in [3.8, 4) is 0 Å². The standard InChI is InChI=1S/C20H24N3O.Hf/c1-14-11-15(2)19(16(3)12-14)23-10-9-22(20(23)21)18-8-6-5-7-17(18)13-24-4;/h5-8,11-12H,9-10,13H2,1-4H3;/q-1;. The minimum Gasteiger partial charge on any atom is -0.397 e. The second-order valence-electron chi connectivity index (χ2n) is 6.41. The molecule has 1 aliphatic rings. The van der Waals surface area contributed by atoms with Crippen molar-refractivity contribution in [2.45, 2.75) is 27.4 Å². The van der Waals surface area contributed by atoms with Crippen molar-refractivity contribution in [1.29, 1.82) is 0 Å². The number of hydrogen-bond acceptors (Lipinski definition) is 1. The van der Waals surface area contributed by atoms with Gasteiger partial charge in [0, 0.05) is 38.9 Å². The Labute approximate surface area is 169 Å². The van der Waals surface area contributed by atoms with Crippen molar-refractivity contribution in [3.63, 3.8) is 0 Å². The Morgan fingerprint density at radius 3 is 2.24 bits per heavy atom. The fourth-order valence-electron chi connectivity index (χ4n) is 3.64. The Hall–Kier alpha value is -1.46. The zero-order valence-electron chi connectivity index (χ0n) is 15.3. The van der Waals surface area contributed by atoms with E-state index in [2.05, 4.69) is 32.9 Å². The van der Waals surface area contributed by atoms with Gasteiger partial charge in [-0.25, -0.2) is 0 Å². The number of guanidine groups is 1. The van der Waals surface area contributed by atoms with Gasteiger partial charge in [-0.3, -0.25) is 0 Å². The quantitative estimate of drug-likeness (QED) is 0.596. The zero-order chi connectivity index (χ0) is 17.3. The number of para-hydroxylation sites is 1. The molecule has 0 atom stereocenters. The van der Waals surface area contributed by atoms with Gasteiger partial charge in [0.1, 0.15) is 0 Å². The number of aryl methyl sites for hydroxylation is 3. The van der Waals surface area contributed by atoms with Crippen molar-refractivity contribution in [2.75, 3.05) is 30.0 Å². The van der Waals surface area contributed by atoms with Crippen LogP contribution < -0.4 is 9.80 Å². The van der Waals surface area contributed by atoms with Crippen LogP contribution in [0.1, 0.15) is 22.3 Å². The maximum absolute atomic E-state index is 10.9. The van der Waals surface area contributed by atoms with Crippen LogP contribution in [0, 0.1) is 20.8 Å². The van der Waals surface area contributed by atoms with Crippen LogP contribution in [-0.4, -0.2) is 26.2 Å². The number of ether oxygens (including phenoxy) is 1. The molecule has 5 heteroatoms. The van der Waals surface area contributed by atoms with E-state index in [-0.39, 0.29) is 31.8 Å². The minimum absolute atomic E-state index is 0. The summed E-state index contributed by atoms with van der Waals surface area (Å²) in [7, 11) is 1.69. The largest absolute Gasteiger partial charge is 0.397 e. The summed E-state index contributed by atoms with van der Waals surface area (Å²) in [4.78, 5) is 3.97. The third kappa shape index (κ3) is 3.87. The normalized spacial score (nSPS) is 14.0. The van der Waals surface area contributed by atoms with Crippen LogP contribution >= 0.6 is 0 Å². The molecule has 3 rings (SSSR count). The van der Waals surface area contributed by atoms with Gasteiger partial charge in [0.25, 0.3) is 0 Å². The summed E-state index contributed by atoms with van der Waals surface area (Å²) in [5.41, 5.74) is 6.80. The molecule has 1 fully saturated rings. The van der Waals surface area contributed by atoms with E-state index in [0.29, 0.717) is 6.61 Å². The molecular weight excluding hydrogens is 477 g/mol. The van der Waals surface area contributed by atoms with Crippen molar-refractivity contribution in [1.82, 2.24) is 0 Å². The van der Waals surface area contributed by atoms with Crippen molar-refractivity contribution >= 4 is 17.3 Å². The van der Waals surface area contributed by atoms with E-state index in [4.69, 9.17) is 4.74 Å². The van der Waals surface area contributed by atoms with Crippen LogP contribution in [-0.2, 0) is 37.2 Å². The van der Waals surface area contributed by atoms with Gasteiger partial charge in [-0.05, 0) is 61.9 Å². The van der Waals surface area contributed by atoms with Crippen LogP contribution in [0.25, 0.3) is 5.41 Å². The first-order valence-corrected chi connectivity index (χ1v) is 8.28. The molecule has 0 saturated carbocycles. The Balaban J connectivity index is 0.00000225. The van der Waals surface area contributed by atoms with Crippen LogP contribution in [0.3, 0.4) is 0 Å². The van der Waals surface area contributed by atoms with E-state index in [0.717, 1.165) is 30.0 Å². The second-order valence-corrected chi connectivity index (χ2v) is 6.41. The first kappa shape index (κ1) is 19.9. The van der Waals surface area contributed by atoms with Gasteiger partial charge in [0.15, 0.2) is 0 Å². The van der Waals surface area contributed by atoms with E-state index in [1.165, 1.54) is 16.7 Å². The summed E-state index contributed by atoms with van der Waals surface area (Å²) in [5.74, 6) is 0.286. The Morgan fingerprint density at radius 1 is 1.00 bits per heavy atom. The van der Waals surface area contributed by atoms with Crippen LogP contribution in [0.4, 0.5) is 11.4 Å². The molecule has 0 bridgehead atoms. The number of nitrogens with zero attached hydrogens (tertiary/aromatic N) is 3. The molecule has 0 aliphatic carbocycles. The summed E-state index contributed by atoms with van der Waals surface area (Å²) in [6.07, 6.45) is 0. The summed E-state index contributed by atoms with van der Waals surface area (Å²) >= 11 is 0. The van der Waals surface area contributed by atoms with Gasteiger partial charge < -0.3 is 19.9 Å². The average Bonchev–Trinajstić information content (AvgIpc) is 2.89. The monoisotopic (exact) mass is 502 g/mol. The number of anilines is 2. The minimum atomic E-state index is 0. The fraction of sp³-hybridized carbons (Fsp3) is 0.350. The van der Waals surface area contributed by atoms with E-state index in [1.807, 2.05) is 34.1 Å². The zero-order valence-corrected chi connectivity index (χ0v) is 18.9. The molecule has 1 aliphatic heterocycles. The molecule has 2 aromatic rings. The predicted molar refractivity (Wildman–Crippen MR) is 101 cm³/mol. The third-order valence-corrected chi connectivity index (χ3v) is 4.52. The van der Waals surface area contributed by atoms with Crippen LogP contribution in [0.2, 0.25) is 0 Å². The molecule has 4 nitrogen and oxygen atoms in total. The van der Waals surface area contributed by atoms with Gasteiger partial charge in [0.2, 0.25) is 0 Å². The molecule has 1 heterocycles. The van der Waals surface area contributed by atoms with Crippen LogP contribution in [0.15, 0.2) is 36.4 Å². The summed E-state index contributed by atoms with van der Waals surface area (Å²) in [5, 5.41) is 10.9. The molecule has 0 aromatic heterocycles. The molecule has 2 aromatic carbocycles. The van der Waals surface area contributed by atoms with Crippen molar-refractivity contribution in [2.24, 2.45) is 0 Å². The maximum atomic E-state index is 10.9. The molecule has 0 N–H and O–H groups in total. The van der Waals surface area contributed by atoms with Gasteiger partial charge >= 0.3 is 0 Å². The van der Waals surface area contributed by atoms with E-state index in [9.17, 15) is 5.41 Å². The second kappa shape index (κ2) is 8.28. The first-order valence-electron chi connectivity index (χ1n) is 8.28. The number of hydrogen-bond donors (Lipinski definition) is 0. The fourth-order valence-corrected chi connectivity index (χ4v) is 3.64. The number of methoxy groups -OCH3 is 1. The Kier molecular flexibility index (Phi) is 6.58. The molecule has 1 saturated heterocycles. The maximum Gasteiger partial charge on any atom is 0.0720 e. The van der Waals surface area contributed by atoms with Gasteiger partial charge in [-0.15, -0.1) is 0 Å². The third-order valence-electron chi connectivity index (χ3n) is 4.52. The predicted octanol–water partition coefficient (Wildman–Crippen LogP) is 4.01. The van der Waals surface area contributed by atoms with Crippen molar-refractivity contribution in [3.05, 3.63) is 64.1 Å². The van der Waals surface area contributed by atoms with E-state index >= 15 is 0 Å². The molecular formula is C20H24HfN3O-. The summed E-state index contributed by atoms with van der Waals surface area (Å²) < 4.78 is 5.30. The molecule has 25 heavy (non-hydrogen) atoms. The molecule has 0 spiro atoms. The molecule has 0 unspecified atom stereocenters. The summed E-state index contributed by atoms with van der Waals surface area (Å²) in [6.45, 7) is 8.35. The topological polar surface area (TPSA) is 38.0 Å².